The van der Waals surface area contributed by atoms with Gasteiger partial charge in [-0.2, -0.15) is 0 Å². The van der Waals surface area contributed by atoms with Crippen molar-refractivity contribution in [1.82, 2.24) is 14.8 Å². The van der Waals surface area contributed by atoms with Gasteiger partial charge in [0.25, 0.3) is 0 Å². The van der Waals surface area contributed by atoms with Crippen LogP contribution < -0.4 is 0 Å². The van der Waals surface area contributed by atoms with Crippen LogP contribution >= 0.6 is 0 Å². The Morgan fingerprint density at radius 3 is 2.50 bits per heavy atom. The van der Waals surface area contributed by atoms with Gasteiger partial charge in [-0.15, -0.1) is 0 Å². The van der Waals surface area contributed by atoms with Crippen LogP contribution in [0, 0.1) is 20.8 Å². The smallest absolute Gasteiger partial charge is 0.246 e. The Labute approximate surface area is 156 Å². The fourth-order valence-electron chi connectivity index (χ4n) is 3.31. The lowest BCUT2D eigenvalue weighted by Crippen LogP contribution is -2.47. The Bertz CT molecular complexity index is 791. The Kier molecular flexibility index (Phi) is 5.84. The standard InChI is InChI=1S/C22H27N3O/c1-17-13-19(3)21(14-18(17)2)6-7-22(26)25-11-9-24(10-12-25)16-20-5-4-8-23-15-20/h4-8,13-15H,9-12,16H2,1-3H3/b7-6+. The number of aryl methyl sites for hydroxylation is 3. The summed E-state index contributed by atoms with van der Waals surface area (Å²) in [5.74, 6) is 0.101. The summed E-state index contributed by atoms with van der Waals surface area (Å²) in [7, 11) is 0. The van der Waals surface area contributed by atoms with Gasteiger partial charge in [-0.25, -0.2) is 0 Å². The fraction of sp³-hybridized carbons (Fsp3) is 0.364. The average Bonchev–Trinajstić information content (AvgIpc) is 2.65. The number of benzene rings is 1. The van der Waals surface area contributed by atoms with E-state index in [1.54, 1.807) is 12.3 Å². The van der Waals surface area contributed by atoms with E-state index in [9.17, 15) is 4.79 Å². The highest BCUT2D eigenvalue weighted by Crippen LogP contribution is 2.17. The number of carbonyl (C=O) groups excluding carboxylic acids is 1. The minimum Gasteiger partial charge on any atom is -0.337 e. The summed E-state index contributed by atoms with van der Waals surface area (Å²) in [5.41, 5.74) is 6.09. The highest BCUT2D eigenvalue weighted by molar-refractivity contribution is 5.92. The number of carbonyl (C=O) groups is 1. The quantitative estimate of drug-likeness (QED) is 0.794. The number of hydrogen-bond acceptors (Lipinski definition) is 3. The van der Waals surface area contributed by atoms with E-state index in [-0.39, 0.29) is 5.91 Å². The monoisotopic (exact) mass is 349 g/mol. The molecule has 1 amide bonds. The van der Waals surface area contributed by atoms with Crippen molar-refractivity contribution in [2.75, 3.05) is 26.2 Å². The third kappa shape index (κ3) is 4.58. The summed E-state index contributed by atoms with van der Waals surface area (Å²) < 4.78 is 0. The van der Waals surface area contributed by atoms with Crippen LogP contribution in [0.25, 0.3) is 6.08 Å². The summed E-state index contributed by atoms with van der Waals surface area (Å²) in [6.07, 6.45) is 7.37. The second-order valence-corrected chi connectivity index (χ2v) is 7.09. The molecule has 136 valence electrons. The molecule has 2 heterocycles. The number of amides is 1. The van der Waals surface area contributed by atoms with Crippen LogP contribution in [0.3, 0.4) is 0 Å². The van der Waals surface area contributed by atoms with Gasteiger partial charge in [-0.1, -0.05) is 18.2 Å². The first-order chi connectivity index (χ1) is 12.5. The van der Waals surface area contributed by atoms with E-state index in [1.807, 2.05) is 23.2 Å². The van der Waals surface area contributed by atoms with Gasteiger partial charge in [0.2, 0.25) is 5.91 Å². The van der Waals surface area contributed by atoms with Gasteiger partial charge >= 0.3 is 0 Å². The minimum absolute atomic E-state index is 0.101. The number of piperazine rings is 1. The van der Waals surface area contributed by atoms with E-state index in [2.05, 4.69) is 48.9 Å². The van der Waals surface area contributed by atoms with E-state index in [0.717, 1.165) is 38.3 Å². The first-order valence-corrected chi connectivity index (χ1v) is 9.19. The number of aromatic nitrogens is 1. The fourth-order valence-corrected chi connectivity index (χ4v) is 3.31. The van der Waals surface area contributed by atoms with E-state index < -0.39 is 0 Å². The molecule has 0 saturated carbocycles. The molecule has 1 fully saturated rings. The lowest BCUT2D eigenvalue weighted by atomic mass is 10.0. The summed E-state index contributed by atoms with van der Waals surface area (Å²) in [6.45, 7) is 10.6. The molecule has 0 aliphatic carbocycles. The molecular formula is C22H27N3O. The maximum Gasteiger partial charge on any atom is 0.246 e. The van der Waals surface area contributed by atoms with Crippen LogP contribution in [0.5, 0.6) is 0 Å². The molecule has 26 heavy (non-hydrogen) atoms. The summed E-state index contributed by atoms with van der Waals surface area (Å²) in [6, 6.07) is 8.39. The molecule has 2 aromatic rings. The Hall–Kier alpha value is -2.46. The second-order valence-electron chi connectivity index (χ2n) is 7.09. The Morgan fingerprint density at radius 1 is 1.08 bits per heavy atom. The van der Waals surface area contributed by atoms with Crippen molar-refractivity contribution in [3.63, 3.8) is 0 Å². The van der Waals surface area contributed by atoms with Crippen molar-refractivity contribution in [2.24, 2.45) is 0 Å². The van der Waals surface area contributed by atoms with Crippen molar-refractivity contribution in [1.29, 1.82) is 0 Å². The summed E-state index contributed by atoms with van der Waals surface area (Å²) >= 11 is 0. The molecular weight excluding hydrogens is 322 g/mol. The predicted octanol–water partition coefficient (Wildman–Crippen LogP) is 3.36. The zero-order chi connectivity index (χ0) is 18.5. The van der Waals surface area contributed by atoms with Gasteiger partial charge in [0.15, 0.2) is 0 Å². The number of rotatable bonds is 4. The van der Waals surface area contributed by atoms with Gasteiger partial charge in [-0.3, -0.25) is 14.7 Å². The van der Waals surface area contributed by atoms with Gasteiger partial charge < -0.3 is 4.90 Å². The van der Waals surface area contributed by atoms with E-state index in [0.29, 0.717) is 0 Å². The summed E-state index contributed by atoms with van der Waals surface area (Å²) in [4.78, 5) is 21.0. The minimum atomic E-state index is 0.101. The lowest BCUT2D eigenvalue weighted by molar-refractivity contribution is -0.127. The normalized spacial score (nSPS) is 15.6. The van der Waals surface area contributed by atoms with E-state index in [4.69, 9.17) is 0 Å². The van der Waals surface area contributed by atoms with Gasteiger partial charge in [-0.05, 0) is 60.7 Å². The van der Waals surface area contributed by atoms with Gasteiger partial charge in [0, 0.05) is 51.2 Å². The topological polar surface area (TPSA) is 36.4 Å². The number of pyridine rings is 1. The maximum atomic E-state index is 12.5. The van der Waals surface area contributed by atoms with Crippen LogP contribution in [-0.2, 0) is 11.3 Å². The predicted molar refractivity (Wildman–Crippen MR) is 106 cm³/mol. The molecule has 4 heteroatoms. The molecule has 4 nitrogen and oxygen atoms in total. The average molecular weight is 349 g/mol. The first-order valence-electron chi connectivity index (χ1n) is 9.19. The number of nitrogens with zero attached hydrogens (tertiary/aromatic N) is 3. The van der Waals surface area contributed by atoms with Crippen molar-refractivity contribution >= 4 is 12.0 Å². The molecule has 1 aliphatic heterocycles. The maximum absolute atomic E-state index is 12.5. The van der Waals surface area contributed by atoms with Crippen molar-refractivity contribution in [3.8, 4) is 0 Å². The van der Waals surface area contributed by atoms with Crippen LogP contribution in [0.4, 0.5) is 0 Å². The Morgan fingerprint density at radius 2 is 1.81 bits per heavy atom. The second kappa shape index (κ2) is 8.28. The molecule has 3 rings (SSSR count). The van der Waals surface area contributed by atoms with Crippen molar-refractivity contribution in [3.05, 3.63) is 70.6 Å². The zero-order valence-electron chi connectivity index (χ0n) is 15.9. The molecule has 0 unspecified atom stereocenters. The molecule has 1 aromatic heterocycles. The molecule has 0 spiro atoms. The van der Waals surface area contributed by atoms with Crippen molar-refractivity contribution in [2.45, 2.75) is 27.3 Å². The molecule has 0 bridgehead atoms. The van der Waals surface area contributed by atoms with Crippen LogP contribution in [-0.4, -0.2) is 46.9 Å². The highest BCUT2D eigenvalue weighted by Gasteiger charge is 2.19. The van der Waals surface area contributed by atoms with Gasteiger partial charge in [0.05, 0.1) is 0 Å². The van der Waals surface area contributed by atoms with E-state index >= 15 is 0 Å². The molecule has 1 saturated heterocycles. The van der Waals surface area contributed by atoms with Crippen molar-refractivity contribution < 1.29 is 4.79 Å². The zero-order valence-corrected chi connectivity index (χ0v) is 15.9. The molecule has 1 aromatic carbocycles. The van der Waals surface area contributed by atoms with E-state index in [1.165, 1.54) is 22.3 Å². The van der Waals surface area contributed by atoms with Crippen LogP contribution in [0.15, 0.2) is 42.7 Å². The third-order valence-corrected chi connectivity index (χ3v) is 5.10. The summed E-state index contributed by atoms with van der Waals surface area (Å²) in [5, 5.41) is 0. The highest BCUT2D eigenvalue weighted by atomic mass is 16.2. The third-order valence-electron chi connectivity index (χ3n) is 5.10. The molecule has 0 radical (unpaired) electrons. The largest absolute Gasteiger partial charge is 0.337 e. The SMILES string of the molecule is Cc1cc(C)c(/C=C/C(=O)N2CCN(Cc3cccnc3)CC2)cc1C. The van der Waals surface area contributed by atoms with Gasteiger partial charge in [0.1, 0.15) is 0 Å². The Balaban J connectivity index is 1.54. The first kappa shape index (κ1) is 18.3. The van der Waals surface area contributed by atoms with Crippen LogP contribution in [0.2, 0.25) is 0 Å². The lowest BCUT2D eigenvalue weighted by Gasteiger charge is -2.34. The van der Waals surface area contributed by atoms with Crippen LogP contribution in [0.1, 0.15) is 27.8 Å². The molecule has 0 N–H and O–H groups in total. The molecule has 0 atom stereocenters. The molecule has 1 aliphatic rings. The number of hydrogen-bond donors (Lipinski definition) is 0.